The van der Waals surface area contributed by atoms with Crippen molar-refractivity contribution in [2.45, 2.75) is 12.8 Å². The smallest absolute Gasteiger partial charge is 0.255 e. The van der Waals surface area contributed by atoms with Gasteiger partial charge in [-0.1, -0.05) is 0 Å². The van der Waals surface area contributed by atoms with E-state index in [0.717, 1.165) is 0 Å². The lowest BCUT2D eigenvalue weighted by Gasteiger charge is -2.07. The third kappa shape index (κ3) is 5.41. The minimum atomic E-state index is -0.563. The number of benzene rings is 2. The van der Waals surface area contributed by atoms with E-state index in [9.17, 15) is 14.0 Å². The van der Waals surface area contributed by atoms with Crippen LogP contribution in [-0.4, -0.2) is 23.4 Å². The Morgan fingerprint density at radius 3 is 2.50 bits per heavy atom. The van der Waals surface area contributed by atoms with Gasteiger partial charge < -0.3 is 20.2 Å². The summed E-state index contributed by atoms with van der Waals surface area (Å²) >= 11 is 0. The Bertz CT molecular complexity index is 952. The zero-order valence-corrected chi connectivity index (χ0v) is 14.9. The average molecular weight is 383 g/mol. The molecule has 1 aromatic heterocycles. The van der Waals surface area contributed by atoms with Gasteiger partial charge in [-0.25, -0.2) is 9.37 Å². The fourth-order valence-corrected chi connectivity index (χ4v) is 2.41. The van der Waals surface area contributed by atoms with Gasteiger partial charge in [0.05, 0.1) is 6.20 Å². The van der Waals surface area contributed by atoms with Crippen LogP contribution in [0.15, 0.2) is 59.1 Å². The third-order valence-electron chi connectivity index (χ3n) is 3.77. The van der Waals surface area contributed by atoms with Crippen molar-refractivity contribution in [3.05, 3.63) is 66.4 Å². The van der Waals surface area contributed by atoms with Crippen LogP contribution >= 0.6 is 0 Å². The summed E-state index contributed by atoms with van der Waals surface area (Å²) in [6, 6.07) is 12.5. The number of primary amides is 1. The van der Waals surface area contributed by atoms with Crippen molar-refractivity contribution in [3.63, 3.8) is 0 Å². The van der Waals surface area contributed by atoms with Crippen LogP contribution in [0.25, 0.3) is 11.3 Å². The first-order valence-electron chi connectivity index (χ1n) is 8.51. The van der Waals surface area contributed by atoms with Crippen LogP contribution in [0.1, 0.15) is 12.3 Å². The van der Waals surface area contributed by atoms with Crippen LogP contribution in [-0.2, 0) is 16.0 Å². The molecule has 3 aromatic rings. The highest BCUT2D eigenvalue weighted by Gasteiger charge is 2.10. The lowest BCUT2D eigenvalue weighted by molar-refractivity contribution is -0.120. The molecule has 7 nitrogen and oxygen atoms in total. The van der Waals surface area contributed by atoms with Gasteiger partial charge in [-0.15, -0.1) is 0 Å². The van der Waals surface area contributed by atoms with Crippen LogP contribution in [0.2, 0.25) is 0 Å². The number of amides is 2. The molecule has 0 atom stereocenters. The SMILES string of the molecule is NC(=O)COc1ccc(NC(=O)CCc2ncc(-c3ccc(F)cc3)o2)cc1. The van der Waals surface area contributed by atoms with Gasteiger partial charge in [0.25, 0.3) is 5.91 Å². The standard InChI is InChI=1S/C20H18FN3O4/c21-14-3-1-13(2-4-14)17-11-23-20(28-17)10-9-19(26)24-15-5-7-16(8-6-15)27-12-18(22)25/h1-8,11H,9-10,12H2,(H2,22,25)(H,24,26). The molecular formula is C20H18FN3O4. The first-order valence-corrected chi connectivity index (χ1v) is 8.51. The molecule has 0 bridgehead atoms. The van der Waals surface area contributed by atoms with E-state index < -0.39 is 5.91 Å². The summed E-state index contributed by atoms with van der Waals surface area (Å²) in [5.41, 5.74) is 6.31. The van der Waals surface area contributed by atoms with Gasteiger partial charge in [0.1, 0.15) is 11.6 Å². The first kappa shape index (κ1) is 19.1. The highest BCUT2D eigenvalue weighted by Crippen LogP contribution is 2.21. The van der Waals surface area contributed by atoms with Crippen molar-refractivity contribution in [3.8, 4) is 17.1 Å². The number of nitrogens with zero attached hydrogens (tertiary/aromatic N) is 1. The summed E-state index contributed by atoms with van der Waals surface area (Å²) in [5, 5.41) is 2.75. The van der Waals surface area contributed by atoms with Gasteiger partial charge in [0.15, 0.2) is 18.3 Å². The van der Waals surface area contributed by atoms with E-state index in [2.05, 4.69) is 10.3 Å². The molecule has 0 fully saturated rings. The Morgan fingerprint density at radius 2 is 1.82 bits per heavy atom. The molecular weight excluding hydrogens is 365 g/mol. The maximum absolute atomic E-state index is 13.0. The number of aryl methyl sites for hydroxylation is 1. The van der Waals surface area contributed by atoms with Gasteiger partial charge in [-0.05, 0) is 48.5 Å². The molecule has 2 aromatic carbocycles. The molecule has 3 N–H and O–H groups in total. The fourth-order valence-electron chi connectivity index (χ4n) is 2.41. The van der Waals surface area contributed by atoms with Crippen molar-refractivity contribution in [2.75, 3.05) is 11.9 Å². The number of anilines is 1. The molecule has 144 valence electrons. The van der Waals surface area contributed by atoms with E-state index in [-0.39, 0.29) is 24.8 Å². The number of ether oxygens (including phenoxy) is 1. The second kappa shape index (κ2) is 8.81. The van der Waals surface area contributed by atoms with E-state index in [1.54, 1.807) is 42.6 Å². The minimum absolute atomic E-state index is 0.184. The highest BCUT2D eigenvalue weighted by atomic mass is 19.1. The van der Waals surface area contributed by atoms with E-state index in [0.29, 0.717) is 35.1 Å². The molecule has 2 amide bonds. The molecule has 0 unspecified atom stereocenters. The first-order chi connectivity index (χ1) is 13.5. The van der Waals surface area contributed by atoms with Gasteiger partial charge in [0, 0.05) is 24.1 Å². The van der Waals surface area contributed by atoms with E-state index in [4.69, 9.17) is 14.9 Å². The number of rotatable bonds is 8. The lowest BCUT2D eigenvalue weighted by Crippen LogP contribution is -2.20. The van der Waals surface area contributed by atoms with Crippen molar-refractivity contribution in [1.29, 1.82) is 0 Å². The summed E-state index contributed by atoms with van der Waals surface area (Å²) in [6.45, 7) is -0.207. The third-order valence-corrected chi connectivity index (χ3v) is 3.77. The average Bonchev–Trinajstić information content (AvgIpc) is 3.15. The number of aromatic nitrogens is 1. The highest BCUT2D eigenvalue weighted by molar-refractivity contribution is 5.90. The molecule has 0 radical (unpaired) electrons. The Labute approximate surface area is 160 Å². The van der Waals surface area contributed by atoms with Crippen molar-refractivity contribution >= 4 is 17.5 Å². The van der Waals surface area contributed by atoms with Crippen molar-refractivity contribution in [1.82, 2.24) is 4.98 Å². The van der Waals surface area contributed by atoms with Gasteiger partial charge in [0.2, 0.25) is 5.91 Å². The number of hydrogen-bond acceptors (Lipinski definition) is 5. The van der Waals surface area contributed by atoms with Crippen LogP contribution in [0.3, 0.4) is 0 Å². The fraction of sp³-hybridized carbons (Fsp3) is 0.150. The predicted octanol–water partition coefficient (Wildman–Crippen LogP) is 2.92. The number of hydrogen-bond donors (Lipinski definition) is 2. The molecule has 0 aliphatic rings. The van der Waals surface area contributed by atoms with Crippen LogP contribution in [0, 0.1) is 5.82 Å². The van der Waals surface area contributed by atoms with Gasteiger partial charge >= 0.3 is 0 Å². The van der Waals surface area contributed by atoms with E-state index >= 15 is 0 Å². The number of nitrogens with two attached hydrogens (primary N) is 1. The monoisotopic (exact) mass is 383 g/mol. The summed E-state index contributed by atoms with van der Waals surface area (Å²) in [5.74, 6) is 0.322. The van der Waals surface area contributed by atoms with Crippen LogP contribution < -0.4 is 15.8 Å². The Hall–Kier alpha value is -3.68. The van der Waals surface area contributed by atoms with Crippen LogP contribution in [0.5, 0.6) is 5.75 Å². The molecule has 0 saturated heterocycles. The summed E-state index contributed by atoms with van der Waals surface area (Å²) < 4.78 is 23.7. The molecule has 3 rings (SSSR count). The Morgan fingerprint density at radius 1 is 1.11 bits per heavy atom. The summed E-state index contributed by atoms with van der Waals surface area (Å²) in [7, 11) is 0. The van der Waals surface area contributed by atoms with Crippen LogP contribution in [0.4, 0.5) is 10.1 Å². The quantitative estimate of drug-likeness (QED) is 0.622. The van der Waals surface area contributed by atoms with Crippen molar-refractivity contribution < 1.29 is 23.1 Å². The van der Waals surface area contributed by atoms with E-state index in [1.807, 2.05) is 0 Å². The number of carbonyl (C=O) groups excluding carboxylic acids is 2. The number of halogens is 1. The number of nitrogens with one attached hydrogen (secondary N) is 1. The minimum Gasteiger partial charge on any atom is -0.484 e. The number of oxazole rings is 1. The van der Waals surface area contributed by atoms with Gasteiger partial charge in [-0.2, -0.15) is 0 Å². The molecule has 28 heavy (non-hydrogen) atoms. The zero-order valence-electron chi connectivity index (χ0n) is 14.9. The Balaban J connectivity index is 1.49. The molecule has 0 spiro atoms. The maximum Gasteiger partial charge on any atom is 0.255 e. The second-order valence-electron chi connectivity index (χ2n) is 5.95. The predicted molar refractivity (Wildman–Crippen MR) is 100.0 cm³/mol. The topological polar surface area (TPSA) is 107 Å². The molecule has 0 aliphatic carbocycles. The summed E-state index contributed by atoms with van der Waals surface area (Å²) in [4.78, 5) is 26.9. The lowest BCUT2D eigenvalue weighted by atomic mass is 10.2. The largest absolute Gasteiger partial charge is 0.484 e. The van der Waals surface area contributed by atoms with Gasteiger partial charge in [-0.3, -0.25) is 9.59 Å². The Kier molecular flexibility index (Phi) is 6.01. The normalized spacial score (nSPS) is 10.5. The molecule has 1 heterocycles. The van der Waals surface area contributed by atoms with Crippen molar-refractivity contribution in [2.24, 2.45) is 5.73 Å². The molecule has 0 saturated carbocycles. The zero-order chi connectivity index (χ0) is 19.9. The second-order valence-corrected chi connectivity index (χ2v) is 5.95. The summed E-state index contributed by atoms with van der Waals surface area (Å²) in [6.07, 6.45) is 2.06. The maximum atomic E-state index is 13.0. The molecule has 8 heteroatoms. The number of carbonyl (C=O) groups is 2. The van der Waals surface area contributed by atoms with E-state index in [1.165, 1.54) is 12.1 Å². The molecule has 0 aliphatic heterocycles.